The average molecular weight is 312 g/mol. The molecule has 0 unspecified atom stereocenters. The summed E-state index contributed by atoms with van der Waals surface area (Å²) in [5, 5.41) is 2.76. The van der Waals surface area contributed by atoms with Gasteiger partial charge in [-0.2, -0.15) is 0 Å². The maximum absolute atomic E-state index is 2.19. The Morgan fingerprint density at radius 3 is 1.57 bits per heavy atom. The Labute approximate surface area is 104 Å². The fourth-order valence-corrected chi connectivity index (χ4v) is 2.78. The van der Waals surface area contributed by atoms with Crippen LogP contribution in [-0.2, 0) is 0 Å². The molecule has 0 N–H and O–H groups in total. The van der Waals surface area contributed by atoms with Crippen LogP contribution >= 0.6 is 35.3 Å². The lowest BCUT2D eigenvalue weighted by Gasteiger charge is -1.88. The molecule has 70 valence electrons. The fourth-order valence-electron chi connectivity index (χ4n) is 1.67. The molecule has 1 heterocycles. The molecule has 0 amide bonds. The van der Waals surface area contributed by atoms with Crippen molar-refractivity contribution in [1.29, 1.82) is 0 Å². The Kier molecular flexibility index (Phi) is 2.74. The molecule has 0 fully saturated rings. The van der Waals surface area contributed by atoms with Gasteiger partial charge >= 0.3 is 0 Å². The van der Waals surface area contributed by atoms with Crippen LogP contribution in [0, 0.1) is 0 Å². The number of hydrogen-bond acceptors (Lipinski definition) is 1. The van der Waals surface area contributed by atoms with Gasteiger partial charge in [-0.1, -0.05) is 36.4 Å². The summed E-state index contributed by atoms with van der Waals surface area (Å²) in [6.45, 7) is 0. The Morgan fingerprint density at radius 2 is 1.07 bits per heavy atom. The molecule has 0 bridgehead atoms. The summed E-state index contributed by atoms with van der Waals surface area (Å²) >= 11 is 1.86. The standard InChI is InChI=1S/C12H8S.HI/c1-3-7-11-9(5-1)10-6-2-4-8-12(10)13-11;/h1-8H;1H. The lowest BCUT2D eigenvalue weighted by atomic mass is 10.2. The summed E-state index contributed by atoms with van der Waals surface area (Å²) in [7, 11) is 0. The van der Waals surface area contributed by atoms with Gasteiger partial charge < -0.3 is 0 Å². The van der Waals surface area contributed by atoms with Crippen LogP contribution in [0.3, 0.4) is 0 Å². The molecular formula is C12H9IS. The summed E-state index contributed by atoms with van der Waals surface area (Å²) in [4.78, 5) is 0. The topological polar surface area (TPSA) is 0 Å². The average Bonchev–Trinajstić information content (AvgIpc) is 2.56. The lowest BCUT2D eigenvalue weighted by molar-refractivity contribution is 1.84. The third-order valence-electron chi connectivity index (χ3n) is 2.28. The Bertz CT molecular complexity index is 518. The van der Waals surface area contributed by atoms with Crippen molar-refractivity contribution in [3.05, 3.63) is 48.5 Å². The summed E-state index contributed by atoms with van der Waals surface area (Å²) in [5.41, 5.74) is 0. The van der Waals surface area contributed by atoms with E-state index >= 15 is 0 Å². The van der Waals surface area contributed by atoms with Gasteiger partial charge in [0.1, 0.15) is 0 Å². The second kappa shape index (κ2) is 3.87. The zero-order valence-electron chi connectivity index (χ0n) is 7.44. The van der Waals surface area contributed by atoms with Gasteiger partial charge in [0.05, 0.1) is 0 Å². The molecule has 3 rings (SSSR count). The Balaban J connectivity index is 0.000000750. The quantitative estimate of drug-likeness (QED) is 0.529. The van der Waals surface area contributed by atoms with Crippen molar-refractivity contribution < 1.29 is 0 Å². The van der Waals surface area contributed by atoms with E-state index in [-0.39, 0.29) is 24.0 Å². The molecule has 1 aromatic heterocycles. The first-order valence-electron chi connectivity index (χ1n) is 4.31. The number of halogens is 1. The monoisotopic (exact) mass is 312 g/mol. The van der Waals surface area contributed by atoms with E-state index in [9.17, 15) is 0 Å². The van der Waals surface area contributed by atoms with Crippen molar-refractivity contribution in [1.82, 2.24) is 0 Å². The molecule has 2 heteroatoms. The van der Waals surface area contributed by atoms with Gasteiger partial charge in [0, 0.05) is 20.2 Å². The largest absolute Gasteiger partial charge is 0.135 e. The van der Waals surface area contributed by atoms with E-state index in [1.165, 1.54) is 20.2 Å². The third-order valence-corrected chi connectivity index (χ3v) is 3.44. The highest BCUT2D eigenvalue weighted by Gasteiger charge is 2.01. The minimum Gasteiger partial charge on any atom is -0.135 e. The number of rotatable bonds is 0. The number of benzene rings is 2. The summed E-state index contributed by atoms with van der Waals surface area (Å²) in [6.07, 6.45) is 0. The normalized spacial score (nSPS) is 10.3. The third kappa shape index (κ3) is 1.42. The van der Waals surface area contributed by atoms with Crippen LogP contribution in [0.5, 0.6) is 0 Å². The predicted octanol–water partition coefficient (Wildman–Crippen LogP) is 4.67. The minimum atomic E-state index is 0. The number of thiophene rings is 1. The molecule has 0 saturated heterocycles. The second-order valence-corrected chi connectivity index (χ2v) is 4.18. The second-order valence-electron chi connectivity index (χ2n) is 3.09. The van der Waals surface area contributed by atoms with Crippen molar-refractivity contribution in [3.8, 4) is 0 Å². The van der Waals surface area contributed by atoms with Crippen LogP contribution in [-0.4, -0.2) is 0 Å². The fraction of sp³-hybridized carbons (Fsp3) is 0. The zero-order chi connectivity index (χ0) is 8.67. The molecule has 0 atom stereocenters. The van der Waals surface area contributed by atoms with Crippen LogP contribution in [0.1, 0.15) is 0 Å². The predicted molar refractivity (Wildman–Crippen MR) is 74.7 cm³/mol. The van der Waals surface area contributed by atoms with Gasteiger partial charge in [0.25, 0.3) is 0 Å². The van der Waals surface area contributed by atoms with Crippen LogP contribution in [0.2, 0.25) is 0 Å². The molecule has 2 aromatic carbocycles. The molecule has 0 radical (unpaired) electrons. The first kappa shape index (κ1) is 9.93. The van der Waals surface area contributed by atoms with Gasteiger partial charge in [0.15, 0.2) is 0 Å². The van der Waals surface area contributed by atoms with Gasteiger partial charge in [-0.15, -0.1) is 35.3 Å². The Hall–Kier alpha value is -0.610. The van der Waals surface area contributed by atoms with Crippen molar-refractivity contribution >= 4 is 55.5 Å². The molecule has 0 aliphatic rings. The first-order chi connectivity index (χ1) is 6.45. The van der Waals surface area contributed by atoms with E-state index < -0.39 is 0 Å². The number of fused-ring (bicyclic) bond motifs is 3. The number of hydrogen-bond donors (Lipinski definition) is 0. The van der Waals surface area contributed by atoms with Crippen LogP contribution in [0.25, 0.3) is 20.2 Å². The van der Waals surface area contributed by atoms with Crippen molar-refractivity contribution in [2.75, 3.05) is 0 Å². The van der Waals surface area contributed by atoms with E-state index in [0.717, 1.165) is 0 Å². The zero-order valence-corrected chi connectivity index (χ0v) is 10.6. The summed E-state index contributed by atoms with van der Waals surface area (Å²) in [5.74, 6) is 0. The van der Waals surface area contributed by atoms with E-state index in [0.29, 0.717) is 0 Å². The molecule has 0 saturated carbocycles. The highest BCUT2D eigenvalue weighted by molar-refractivity contribution is 14.0. The van der Waals surface area contributed by atoms with Crippen molar-refractivity contribution in [3.63, 3.8) is 0 Å². The van der Waals surface area contributed by atoms with Gasteiger partial charge in [-0.25, -0.2) is 0 Å². The molecule has 0 aliphatic heterocycles. The summed E-state index contributed by atoms with van der Waals surface area (Å²) < 4.78 is 2.76. The molecule has 0 nitrogen and oxygen atoms in total. The van der Waals surface area contributed by atoms with E-state index in [2.05, 4.69) is 48.5 Å². The van der Waals surface area contributed by atoms with Gasteiger partial charge in [-0.3, -0.25) is 0 Å². The molecule has 14 heavy (non-hydrogen) atoms. The maximum Gasteiger partial charge on any atom is 0.0355 e. The Morgan fingerprint density at radius 1 is 0.643 bits per heavy atom. The SMILES string of the molecule is I.c1ccc2c(c1)sc1ccccc12. The smallest absolute Gasteiger partial charge is 0.0355 e. The van der Waals surface area contributed by atoms with Gasteiger partial charge in [-0.05, 0) is 12.1 Å². The van der Waals surface area contributed by atoms with Crippen LogP contribution in [0.15, 0.2) is 48.5 Å². The minimum absolute atomic E-state index is 0. The van der Waals surface area contributed by atoms with E-state index in [1.54, 1.807) is 0 Å². The lowest BCUT2D eigenvalue weighted by Crippen LogP contribution is -1.62. The highest BCUT2D eigenvalue weighted by atomic mass is 127. The van der Waals surface area contributed by atoms with Crippen molar-refractivity contribution in [2.45, 2.75) is 0 Å². The summed E-state index contributed by atoms with van der Waals surface area (Å²) in [6, 6.07) is 17.1. The van der Waals surface area contributed by atoms with Gasteiger partial charge in [0.2, 0.25) is 0 Å². The van der Waals surface area contributed by atoms with Crippen molar-refractivity contribution in [2.24, 2.45) is 0 Å². The van der Waals surface area contributed by atoms with Crippen LogP contribution in [0.4, 0.5) is 0 Å². The first-order valence-corrected chi connectivity index (χ1v) is 5.13. The molecule has 3 aromatic rings. The van der Waals surface area contributed by atoms with E-state index in [4.69, 9.17) is 0 Å². The van der Waals surface area contributed by atoms with Crippen LogP contribution < -0.4 is 0 Å². The molecular weight excluding hydrogens is 303 g/mol. The molecule has 0 aliphatic carbocycles. The highest BCUT2D eigenvalue weighted by Crippen LogP contribution is 2.32. The molecule has 0 spiro atoms. The van der Waals surface area contributed by atoms with E-state index in [1.807, 2.05) is 11.3 Å². The maximum atomic E-state index is 2.19.